The summed E-state index contributed by atoms with van der Waals surface area (Å²) in [6.07, 6.45) is 2.65. The van der Waals surface area contributed by atoms with Crippen molar-refractivity contribution in [1.29, 1.82) is 0 Å². The summed E-state index contributed by atoms with van der Waals surface area (Å²) in [7, 11) is 0. The van der Waals surface area contributed by atoms with E-state index in [9.17, 15) is 5.11 Å². The van der Waals surface area contributed by atoms with Crippen molar-refractivity contribution in [3.8, 4) is 0 Å². The Labute approximate surface area is 75.6 Å². The second-order valence-electron chi connectivity index (χ2n) is 3.80. The highest BCUT2D eigenvalue weighted by Gasteiger charge is 2.20. The zero-order chi connectivity index (χ0) is 9.56. The summed E-state index contributed by atoms with van der Waals surface area (Å²) in [6, 6.07) is 0. The van der Waals surface area contributed by atoms with Gasteiger partial charge in [-0.2, -0.15) is 0 Å². The van der Waals surface area contributed by atoms with Crippen LogP contribution in [0.3, 0.4) is 0 Å². The number of aliphatic hydroxyl groups is 2. The Hall–Kier alpha value is -0.0800. The van der Waals surface area contributed by atoms with Crippen LogP contribution in [0.1, 0.15) is 40.0 Å². The van der Waals surface area contributed by atoms with E-state index in [2.05, 4.69) is 6.92 Å². The molecule has 2 nitrogen and oxygen atoms in total. The maximum Gasteiger partial charge on any atom is 0.0592 e. The molecule has 0 aliphatic carbocycles. The first kappa shape index (κ1) is 11.9. The van der Waals surface area contributed by atoms with Crippen molar-refractivity contribution >= 4 is 0 Å². The minimum Gasteiger partial charge on any atom is -0.396 e. The predicted octanol–water partition coefficient (Wildman–Crippen LogP) is 1.80. The fourth-order valence-electron chi connectivity index (χ4n) is 1.40. The molecule has 0 aromatic carbocycles. The number of aliphatic hydroxyl groups excluding tert-OH is 2. The van der Waals surface area contributed by atoms with Gasteiger partial charge in [-0.1, -0.05) is 33.6 Å². The molecular formula is C10H22O2. The van der Waals surface area contributed by atoms with Crippen molar-refractivity contribution in [3.63, 3.8) is 0 Å². The molecule has 2 N–H and O–H groups in total. The largest absolute Gasteiger partial charge is 0.396 e. The molecular weight excluding hydrogens is 152 g/mol. The molecule has 0 saturated heterocycles. The van der Waals surface area contributed by atoms with Gasteiger partial charge in [0.25, 0.3) is 0 Å². The van der Waals surface area contributed by atoms with Gasteiger partial charge in [0, 0.05) is 12.5 Å². The van der Waals surface area contributed by atoms with E-state index in [0.717, 1.165) is 19.3 Å². The molecule has 2 unspecified atom stereocenters. The van der Waals surface area contributed by atoms with Gasteiger partial charge in [0.15, 0.2) is 0 Å². The third kappa shape index (κ3) is 4.07. The molecule has 2 atom stereocenters. The fraction of sp³-hybridized carbons (Fsp3) is 1.00. The van der Waals surface area contributed by atoms with Gasteiger partial charge < -0.3 is 10.2 Å². The molecule has 0 aliphatic rings. The lowest BCUT2D eigenvalue weighted by Crippen LogP contribution is -2.28. The zero-order valence-electron chi connectivity index (χ0n) is 8.45. The van der Waals surface area contributed by atoms with Crippen molar-refractivity contribution < 1.29 is 10.2 Å². The maximum absolute atomic E-state index is 9.65. The highest BCUT2D eigenvalue weighted by atomic mass is 16.3. The smallest absolute Gasteiger partial charge is 0.0592 e. The Morgan fingerprint density at radius 2 is 1.83 bits per heavy atom. The molecule has 0 heterocycles. The van der Waals surface area contributed by atoms with Crippen LogP contribution in [0.15, 0.2) is 0 Å². The summed E-state index contributed by atoms with van der Waals surface area (Å²) >= 11 is 0. The monoisotopic (exact) mass is 174 g/mol. The first-order valence-electron chi connectivity index (χ1n) is 4.92. The molecule has 0 radical (unpaired) electrons. The van der Waals surface area contributed by atoms with Crippen LogP contribution >= 0.6 is 0 Å². The Balaban J connectivity index is 3.77. The normalized spacial score (nSPS) is 16.5. The molecule has 0 rings (SSSR count). The summed E-state index contributed by atoms with van der Waals surface area (Å²) in [4.78, 5) is 0. The quantitative estimate of drug-likeness (QED) is 0.644. The van der Waals surface area contributed by atoms with E-state index >= 15 is 0 Å². The first-order valence-corrected chi connectivity index (χ1v) is 4.92. The van der Waals surface area contributed by atoms with Crippen LogP contribution in [-0.4, -0.2) is 22.9 Å². The lowest BCUT2D eigenvalue weighted by molar-refractivity contribution is 0.0347. The second-order valence-corrected chi connectivity index (χ2v) is 3.80. The van der Waals surface area contributed by atoms with Crippen LogP contribution in [-0.2, 0) is 0 Å². The van der Waals surface area contributed by atoms with E-state index in [1.54, 1.807) is 0 Å². The van der Waals surface area contributed by atoms with E-state index in [-0.39, 0.29) is 18.6 Å². The summed E-state index contributed by atoms with van der Waals surface area (Å²) in [5.74, 6) is 0.415. The van der Waals surface area contributed by atoms with Gasteiger partial charge in [-0.15, -0.1) is 0 Å². The number of unbranched alkanes of at least 4 members (excludes halogenated alkanes) is 1. The van der Waals surface area contributed by atoms with E-state index in [1.165, 1.54) is 0 Å². The molecule has 2 heteroatoms. The van der Waals surface area contributed by atoms with E-state index < -0.39 is 0 Å². The van der Waals surface area contributed by atoms with Gasteiger partial charge in [0.1, 0.15) is 0 Å². The van der Waals surface area contributed by atoms with Crippen LogP contribution in [0.5, 0.6) is 0 Å². The third-order valence-corrected chi connectivity index (χ3v) is 2.41. The summed E-state index contributed by atoms with van der Waals surface area (Å²) in [5, 5.41) is 18.7. The Morgan fingerprint density at radius 3 is 2.17 bits per heavy atom. The fourth-order valence-corrected chi connectivity index (χ4v) is 1.40. The van der Waals surface area contributed by atoms with Gasteiger partial charge in [-0.3, -0.25) is 0 Å². The lowest BCUT2D eigenvalue weighted by atomic mass is 9.88. The number of hydrogen-bond donors (Lipinski definition) is 2. The average Bonchev–Trinajstić information content (AvgIpc) is 2.01. The predicted molar refractivity (Wildman–Crippen MR) is 50.9 cm³/mol. The van der Waals surface area contributed by atoms with Crippen LogP contribution in [0, 0.1) is 11.8 Å². The van der Waals surface area contributed by atoms with Crippen LogP contribution in [0.25, 0.3) is 0 Å². The average molecular weight is 174 g/mol. The Morgan fingerprint density at radius 1 is 1.25 bits per heavy atom. The van der Waals surface area contributed by atoms with Gasteiger partial charge in [0.05, 0.1) is 6.10 Å². The van der Waals surface area contributed by atoms with E-state index in [4.69, 9.17) is 5.11 Å². The summed E-state index contributed by atoms with van der Waals surface area (Å²) in [5.41, 5.74) is 0. The zero-order valence-corrected chi connectivity index (χ0v) is 8.45. The first-order chi connectivity index (χ1) is 5.63. The molecule has 0 amide bonds. The van der Waals surface area contributed by atoms with Crippen molar-refractivity contribution in [2.24, 2.45) is 11.8 Å². The SMILES string of the molecule is CCCCC(O)C(CO)C(C)C. The molecule has 12 heavy (non-hydrogen) atoms. The highest BCUT2D eigenvalue weighted by Crippen LogP contribution is 2.18. The van der Waals surface area contributed by atoms with Gasteiger partial charge in [0.2, 0.25) is 0 Å². The van der Waals surface area contributed by atoms with Crippen molar-refractivity contribution in [2.75, 3.05) is 6.61 Å². The van der Waals surface area contributed by atoms with Gasteiger partial charge in [-0.25, -0.2) is 0 Å². The van der Waals surface area contributed by atoms with Crippen LogP contribution in [0.2, 0.25) is 0 Å². The van der Waals surface area contributed by atoms with Crippen molar-refractivity contribution in [1.82, 2.24) is 0 Å². The van der Waals surface area contributed by atoms with Gasteiger partial charge >= 0.3 is 0 Å². The van der Waals surface area contributed by atoms with Crippen molar-refractivity contribution in [3.05, 3.63) is 0 Å². The van der Waals surface area contributed by atoms with Crippen LogP contribution in [0.4, 0.5) is 0 Å². The molecule has 74 valence electrons. The molecule has 0 spiro atoms. The molecule has 0 aliphatic heterocycles. The summed E-state index contributed by atoms with van der Waals surface area (Å²) < 4.78 is 0. The van der Waals surface area contributed by atoms with Crippen molar-refractivity contribution in [2.45, 2.75) is 46.1 Å². The second kappa shape index (κ2) is 6.44. The molecule has 0 saturated carbocycles. The highest BCUT2D eigenvalue weighted by molar-refractivity contribution is 4.70. The van der Waals surface area contributed by atoms with Gasteiger partial charge in [-0.05, 0) is 12.3 Å². The minimum atomic E-state index is -0.324. The third-order valence-electron chi connectivity index (χ3n) is 2.41. The molecule has 0 bridgehead atoms. The van der Waals surface area contributed by atoms with E-state index in [1.807, 2.05) is 13.8 Å². The Bertz CT molecular complexity index is 102. The number of hydrogen-bond acceptors (Lipinski definition) is 2. The van der Waals surface area contributed by atoms with E-state index in [0.29, 0.717) is 5.92 Å². The standard InChI is InChI=1S/C10H22O2/c1-4-5-6-10(12)9(7-11)8(2)3/h8-12H,4-7H2,1-3H3. The molecule has 0 aromatic heterocycles. The molecule has 0 aromatic rings. The lowest BCUT2D eigenvalue weighted by Gasteiger charge is -2.24. The summed E-state index contributed by atoms with van der Waals surface area (Å²) in [6.45, 7) is 6.28. The van der Waals surface area contributed by atoms with Crippen LogP contribution < -0.4 is 0 Å². The minimum absolute atomic E-state index is 0.0524. The topological polar surface area (TPSA) is 40.5 Å². The Kier molecular flexibility index (Phi) is 6.39. The molecule has 0 fully saturated rings. The maximum atomic E-state index is 9.65. The number of rotatable bonds is 6.